The van der Waals surface area contributed by atoms with Crippen LogP contribution in [0, 0.1) is 12.7 Å². The summed E-state index contributed by atoms with van der Waals surface area (Å²) >= 11 is 1.50. The maximum atomic E-state index is 12.9. The summed E-state index contributed by atoms with van der Waals surface area (Å²) in [5.41, 5.74) is 2.30. The lowest BCUT2D eigenvalue weighted by atomic mass is 10.2. The fourth-order valence-electron chi connectivity index (χ4n) is 2.00. The van der Waals surface area contributed by atoms with Crippen molar-refractivity contribution < 1.29 is 8.91 Å². The Labute approximate surface area is 131 Å². The number of hydrogen-bond donors (Lipinski definition) is 1. The molecule has 5 nitrogen and oxygen atoms in total. The van der Waals surface area contributed by atoms with Crippen LogP contribution < -0.4 is 5.32 Å². The average Bonchev–Trinajstić information content (AvgIpc) is 2.91. The SMILES string of the molecule is CSc1noc(C)c1-c1ccnc(Nc2ccc(F)cc2)n1. The maximum Gasteiger partial charge on any atom is 0.227 e. The molecular weight excluding hydrogens is 303 g/mol. The molecule has 0 saturated carbocycles. The summed E-state index contributed by atoms with van der Waals surface area (Å²) in [7, 11) is 0. The molecule has 3 aromatic rings. The second kappa shape index (κ2) is 6.15. The molecule has 0 spiro atoms. The van der Waals surface area contributed by atoms with E-state index in [1.165, 1.54) is 23.9 Å². The van der Waals surface area contributed by atoms with Crippen molar-refractivity contribution >= 4 is 23.4 Å². The van der Waals surface area contributed by atoms with E-state index < -0.39 is 0 Å². The number of halogens is 1. The molecule has 0 aliphatic carbocycles. The van der Waals surface area contributed by atoms with Crippen molar-refractivity contribution in [3.63, 3.8) is 0 Å². The molecule has 7 heteroatoms. The maximum absolute atomic E-state index is 12.9. The van der Waals surface area contributed by atoms with Crippen molar-refractivity contribution in [1.82, 2.24) is 15.1 Å². The third-order valence-electron chi connectivity index (χ3n) is 3.04. The van der Waals surface area contributed by atoms with Crippen LogP contribution in [0.25, 0.3) is 11.3 Å². The standard InChI is InChI=1S/C15H13FN4OS/c1-9-13(14(22-2)20-21-9)12-7-8-17-15(19-12)18-11-5-3-10(16)4-6-11/h3-8H,1-2H3,(H,17,18,19). The summed E-state index contributed by atoms with van der Waals surface area (Å²) in [6.07, 6.45) is 3.59. The topological polar surface area (TPSA) is 63.8 Å². The average molecular weight is 316 g/mol. The normalized spacial score (nSPS) is 10.7. The Balaban J connectivity index is 1.92. The van der Waals surface area contributed by atoms with Gasteiger partial charge in [-0.1, -0.05) is 5.16 Å². The van der Waals surface area contributed by atoms with E-state index in [0.29, 0.717) is 17.4 Å². The van der Waals surface area contributed by atoms with Gasteiger partial charge >= 0.3 is 0 Å². The van der Waals surface area contributed by atoms with Gasteiger partial charge in [0.2, 0.25) is 5.95 Å². The van der Waals surface area contributed by atoms with Crippen molar-refractivity contribution in [2.24, 2.45) is 0 Å². The van der Waals surface area contributed by atoms with E-state index in [2.05, 4.69) is 20.4 Å². The van der Waals surface area contributed by atoms with Gasteiger partial charge in [0.1, 0.15) is 16.6 Å². The Morgan fingerprint density at radius 1 is 1.18 bits per heavy atom. The molecule has 0 atom stereocenters. The second-order valence-corrected chi connectivity index (χ2v) is 5.32. The Morgan fingerprint density at radius 3 is 2.68 bits per heavy atom. The Morgan fingerprint density at radius 2 is 1.95 bits per heavy atom. The zero-order valence-electron chi connectivity index (χ0n) is 12.0. The molecule has 1 N–H and O–H groups in total. The van der Waals surface area contributed by atoms with Gasteiger partial charge in [0.05, 0.1) is 11.3 Å². The number of nitrogens with zero attached hydrogens (tertiary/aromatic N) is 3. The number of aromatic nitrogens is 3. The highest BCUT2D eigenvalue weighted by molar-refractivity contribution is 7.98. The first-order valence-electron chi connectivity index (χ1n) is 6.53. The number of aryl methyl sites for hydroxylation is 1. The van der Waals surface area contributed by atoms with Crippen molar-refractivity contribution in [2.75, 3.05) is 11.6 Å². The lowest BCUT2D eigenvalue weighted by Crippen LogP contribution is -1.98. The van der Waals surface area contributed by atoms with E-state index in [1.54, 1.807) is 24.4 Å². The minimum atomic E-state index is -0.287. The van der Waals surface area contributed by atoms with Gasteiger partial charge in [0.25, 0.3) is 0 Å². The van der Waals surface area contributed by atoms with Gasteiger partial charge < -0.3 is 9.84 Å². The third kappa shape index (κ3) is 2.94. The number of hydrogen-bond acceptors (Lipinski definition) is 6. The number of anilines is 2. The Kier molecular flexibility index (Phi) is 4.06. The summed E-state index contributed by atoms with van der Waals surface area (Å²) in [6.45, 7) is 1.84. The number of benzene rings is 1. The van der Waals surface area contributed by atoms with E-state index in [9.17, 15) is 4.39 Å². The first-order chi connectivity index (χ1) is 10.7. The molecular formula is C15H13FN4OS. The number of rotatable bonds is 4. The molecule has 1 aromatic carbocycles. The van der Waals surface area contributed by atoms with Crippen LogP contribution >= 0.6 is 11.8 Å². The summed E-state index contributed by atoms with van der Waals surface area (Å²) in [4.78, 5) is 8.65. The van der Waals surface area contributed by atoms with Crippen LogP contribution in [0.2, 0.25) is 0 Å². The van der Waals surface area contributed by atoms with Crippen molar-refractivity contribution in [2.45, 2.75) is 11.9 Å². The van der Waals surface area contributed by atoms with Gasteiger partial charge in [-0.3, -0.25) is 0 Å². The van der Waals surface area contributed by atoms with Gasteiger partial charge in [0, 0.05) is 11.9 Å². The molecule has 0 radical (unpaired) electrons. The monoisotopic (exact) mass is 316 g/mol. The molecule has 2 aromatic heterocycles. The van der Waals surface area contributed by atoms with Crippen LogP contribution in [-0.2, 0) is 0 Å². The predicted octanol–water partition coefficient (Wildman–Crippen LogP) is 4.04. The molecule has 0 bridgehead atoms. The first-order valence-corrected chi connectivity index (χ1v) is 7.76. The van der Waals surface area contributed by atoms with Crippen LogP contribution in [0.5, 0.6) is 0 Å². The number of thioether (sulfide) groups is 1. The minimum Gasteiger partial charge on any atom is -0.360 e. The van der Waals surface area contributed by atoms with Crippen LogP contribution in [0.4, 0.5) is 16.0 Å². The highest BCUT2D eigenvalue weighted by atomic mass is 32.2. The fraction of sp³-hybridized carbons (Fsp3) is 0.133. The largest absolute Gasteiger partial charge is 0.360 e. The van der Waals surface area contributed by atoms with Gasteiger partial charge in [-0.15, -0.1) is 11.8 Å². The van der Waals surface area contributed by atoms with Gasteiger partial charge in [-0.2, -0.15) is 0 Å². The van der Waals surface area contributed by atoms with Gasteiger partial charge in [-0.05, 0) is 43.5 Å². The van der Waals surface area contributed by atoms with Crippen LogP contribution in [0.1, 0.15) is 5.76 Å². The molecule has 112 valence electrons. The highest BCUT2D eigenvalue weighted by Crippen LogP contribution is 2.31. The molecule has 0 aliphatic heterocycles. The molecule has 3 rings (SSSR count). The Hall–Kier alpha value is -2.41. The molecule has 0 unspecified atom stereocenters. The first kappa shape index (κ1) is 14.5. The van der Waals surface area contributed by atoms with E-state index in [-0.39, 0.29) is 5.82 Å². The van der Waals surface area contributed by atoms with E-state index in [0.717, 1.165) is 16.3 Å². The van der Waals surface area contributed by atoms with Crippen molar-refractivity contribution in [1.29, 1.82) is 0 Å². The molecule has 0 aliphatic rings. The molecule has 0 fully saturated rings. The zero-order valence-corrected chi connectivity index (χ0v) is 12.8. The van der Waals surface area contributed by atoms with E-state index >= 15 is 0 Å². The number of nitrogens with one attached hydrogen (secondary N) is 1. The van der Waals surface area contributed by atoms with Gasteiger partial charge in [0.15, 0.2) is 0 Å². The summed E-state index contributed by atoms with van der Waals surface area (Å²) in [5, 5.41) is 7.82. The smallest absolute Gasteiger partial charge is 0.227 e. The Bertz CT molecular complexity index is 788. The minimum absolute atomic E-state index is 0.287. The van der Waals surface area contributed by atoms with Crippen LogP contribution in [0.15, 0.2) is 46.1 Å². The van der Waals surface area contributed by atoms with Gasteiger partial charge in [-0.25, -0.2) is 14.4 Å². The highest BCUT2D eigenvalue weighted by Gasteiger charge is 2.16. The predicted molar refractivity (Wildman–Crippen MR) is 83.7 cm³/mol. The molecule has 22 heavy (non-hydrogen) atoms. The fourth-order valence-corrected chi connectivity index (χ4v) is 2.57. The molecule has 0 saturated heterocycles. The van der Waals surface area contributed by atoms with Crippen molar-refractivity contribution in [3.05, 3.63) is 48.1 Å². The van der Waals surface area contributed by atoms with Crippen LogP contribution in [-0.4, -0.2) is 21.4 Å². The van der Waals surface area contributed by atoms with Crippen molar-refractivity contribution in [3.8, 4) is 11.3 Å². The lowest BCUT2D eigenvalue weighted by Gasteiger charge is -2.06. The molecule has 0 amide bonds. The van der Waals surface area contributed by atoms with E-state index in [1.807, 2.05) is 13.2 Å². The second-order valence-electron chi connectivity index (χ2n) is 4.52. The molecule has 2 heterocycles. The quantitative estimate of drug-likeness (QED) is 0.733. The third-order valence-corrected chi connectivity index (χ3v) is 3.70. The summed E-state index contributed by atoms with van der Waals surface area (Å²) in [6, 6.07) is 7.81. The summed E-state index contributed by atoms with van der Waals surface area (Å²) in [5.74, 6) is 0.845. The summed E-state index contributed by atoms with van der Waals surface area (Å²) < 4.78 is 18.1. The van der Waals surface area contributed by atoms with Crippen LogP contribution in [0.3, 0.4) is 0 Å². The zero-order chi connectivity index (χ0) is 15.5. The van der Waals surface area contributed by atoms with E-state index in [4.69, 9.17) is 4.52 Å². The lowest BCUT2D eigenvalue weighted by molar-refractivity contribution is 0.384.